The van der Waals surface area contributed by atoms with E-state index in [-0.39, 0.29) is 16.2 Å². The Morgan fingerprint density at radius 1 is 0.448 bits per heavy atom. The Morgan fingerprint density at radius 2 is 0.948 bits per heavy atom. The third-order valence-electron chi connectivity index (χ3n) is 12.1. The summed E-state index contributed by atoms with van der Waals surface area (Å²) in [4.78, 5) is 20.7. The molecule has 4 heteroatoms. The van der Waals surface area contributed by atoms with Gasteiger partial charge in [-0.15, -0.1) is 0 Å². The molecule has 1 unspecified atom stereocenters. The maximum atomic E-state index is 5.26. The van der Waals surface area contributed by atoms with E-state index in [1.165, 1.54) is 50.1 Å². The van der Waals surface area contributed by atoms with E-state index in [0.29, 0.717) is 17.5 Å². The van der Waals surface area contributed by atoms with Crippen LogP contribution in [-0.4, -0.2) is 19.9 Å². The first-order valence-corrected chi connectivity index (χ1v) is 20.4. The Hall–Kier alpha value is -6.26. The molecule has 0 spiro atoms. The molecule has 1 atom stereocenters. The van der Waals surface area contributed by atoms with Gasteiger partial charge in [0.1, 0.15) is 0 Å². The summed E-state index contributed by atoms with van der Waals surface area (Å²) in [5.74, 6) is 1.87. The highest BCUT2D eigenvalue weighted by Crippen LogP contribution is 2.53. The molecule has 0 saturated carbocycles. The van der Waals surface area contributed by atoms with E-state index in [9.17, 15) is 0 Å². The Balaban J connectivity index is 1.20. The van der Waals surface area contributed by atoms with Crippen molar-refractivity contribution in [2.45, 2.75) is 78.6 Å². The number of aromatic nitrogens is 4. The van der Waals surface area contributed by atoms with Gasteiger partial charge in [-0.2, -0.15) is 0 Å². The third kappa shape index (κ3) is 6.41. The van der Waals surface area contributed by atoms with E-state index in [4.69, 9.17) is 19.9 Å². The van der Waals surface area contributed by atoms with E-state index in [1.54, 1.807) is 0 Å². The first kappa shape index (κ1) is 37.3. The number of fused-ring (bicyclic) bond motifs is 4. The van der Waals surface area contributed by atoms with Crippen LogP contribution >= 0.6 is 0 Å². The normalized spacial score (nSPS) is 15.1. The van der Waals surface area contributed by atoms with Gasteiger partial charge in [0.15, 0.2) is 17.5 Å². The zero-order valence-corrected chi connectivity index (χ0v) is 35.1. The highest BCUT2D eigenvalue weighted by atomic mass is 15.0. The number of benzene rings is 6. The summed E-state index contributed by atoms with van der Waals surface area (Å²) in [5.41, 5.74) is 16.1. The lowest BCUT2D eigenvalue weighted by molar-refractivity contribution is 0.590. The molecule has 2 aromatic heterocycles. The van der Waals surface area contributed by atoms with Gasteiger partial charge in [-0.05, 0) is 82.0 Å². The molecule has 0 fully saturated rings. The summed E-state index contributed by atoms with van der Waals surface area (Å²) in [6, 6.07) is 48.5. The summed E-state index contributed by atoms with van der Waals surface area (Å²) < 4.78 is 0. The van der Waals surface area contributed by atoms with Gasteiger partial charge < -0.3 is 0 Å². The average Bonchev–Trinajstić information content (AvgIpc) is 3.47. The summed E-state index contributed by atoms with van der Waals surface area (Å²) in [6.45, 7) is 20.2. The lowest BCUT2D eigenvalue weighted by atomic mass is 9.73. The fourth-order valence-electron chi connectivity index (χ4n) is 8.81. The fraction of sp³-hybridized carbons (Fsp3) is 0.222. The lowest BCUT2D eigenvalue weighted by Gasteiger charge is -2.29. The number of hydrogen-bond donors (Lipinski definition) is 0. The molecule has 0 N–H and O–H groups in total. The molecule has 2 heterocycles. The van der Waals surface area contributed by atoms with Gasteiger partial charge in [-0.1, -0.05) is 180 Å². The molecule has 9 rings (SSSR count). The molecule has 1 aliphatic rings. The number of rotatable bonds is 5. The molecule has 0 aliphatic heterocycles. The largest absolute Gasteiger partial charge is 0.255 e. The van der Waals surface area contributed by atoms with Gasteiger partial charge in [0.2, 0.25) is 0 Å². The summed E-state index contributed by atoms with van der Waals surface area (Å²) in [6.07, 6.45) is 1.96. The average molecular weight is 755 g/mol. The second kappa shape index (κ2) is 13.7. The van der Waals surface area contributed by atoms with E-state index >= 15 is 0 Å². The molecule has 0 amide bonds. The molecule has 0 saturated heterocycles. The van der Waals surface area contributed by atoms with Crippen LogP contribution in [-0.2, 0) is 16.2 Å². The van der Waals surface area contributed by atoms with Crippen LogP contribution < -0.4 is 0 Å². The minimum atomic E-state index is -0.317. The molecule has 1 aliphatic carbocycles. The van der Waals surface area contributed by atoms with Crippen molar-refractivity contribution in [3.8, 4) is 56.5 Å². The predicted molar refractivity (Wildman–Crippen MR) is 241 cm³/mol. The standard InChI is InChI=1S/C54H50N4/c1-33-28-34(2)30-40(29-33)54(9)46-17-13-12-15-42(46)43-27-22-37(31-47(43)54)48-44-16-11-10-14-41(44)45(32-55-48)51-57-49(35-18-23-38(24-19-35)52(3,4)5)56-50(58-51)36-20-25-39(26-21-36)53(6,7)8/h10-32H,1-9H3. The zero-order chi connectivity index (χ0) is 40.6. The molecule has 58 heavy (non-hydrogen) atoms. The molecular weight excluding hydrogens is 705 g/mol. The SMILES string of the molecule is Cc1cc(C)cc(C2(C)c3ccccc3-c3ccc(-c4ncc(-c5nc(-c6ccc(C(C)(C)C)cc6)nc(-c6ccc(C(C)(C)C)cc6)n5)c5ccccc45)cc32)c1. The molecule has 6 aromatic carbocycles. The molecular formula is C54H50N4. The van der Waals surface area contributed by atoms with Crippen molar-refractivity contribution in [3.05, 3.63) is 179 Å². The van der Waals surface area contributed by atoms with Crippen LogP contribution in [0.15, 0.2) is 140 Å². The second-order valence-corrected chi connectivity index (χ2v) is 18.3. The van der Waals surface area contributed by atoms with Gasteiger partial charge in [-0.25, -0.2) is 15.0 Å². The second-order valence-electron chi connectivity index (χ2n) is 18.3. The highest BCUT2D eigenvalue weighted by molar-refractivity contribution is 6.03. The quantitative estimate of drug-likeness (QED) is 0.176. The maximum absolute atomic E-state index is 5.26. The van der Waals surface area contributed by atoms with Crippen molar-refractivity contribution in [3.63, 3.8) is 0 Å². The van der Waals surface area contributed by atoms with Crippen molar-refractivity contribution in [2.24, 2.45) is 0 Å². The first-order valence-electron chi connectivity index (χ1n) is 20.4. The van der Waals surface area contributed by atoms with Crippen molar-refractivity contribution in [1.29, 1.82) is 0 Å². The summed E-state index contributed by atoms with van der Waals surface area (Å²) in [7, 11) is 0. The Bertz CT molecular complexity index is 2780. The first-order chi connectivity index (χ1) is 27.7. The van der Waals surface area contributed by atoms with Crippen LogP contribution in [0.25, 0.3) is 67.3 Å². The van der Waals surface area contributed by atoms with Crippen molar-refractivity contribution in [1.82, 2.24) is 19.9 Å². The minimum absolute atomic E-state index is 0.0378. The molecule has 4 nitrogen and oxygen atoms in total. The predicted octanol–water partition coefficient (Wildman–Crippen LogP) is 13.6. The van der Waals surface area contributed by atoms with Gasteiger partial charge >= 0.3 is 0 Å². The molecule has 8 aromatic rings. The van der Waals surface area contributed by atoms with E-state index in [0.717, 1.165) is 38.7 Å². The number of nitrogens with zero attached hydrogens (tertiary/aromatic N) is 4. The highest BCUT2D eigenvalue weighted by Gasteiger charge is 2.41. The Morgan fingerprint density at radius 3 is 1.53 bits per heavy atom. The van der Waals surface area contributed by atoms with Crippen LogP contribution in [0.2, 0.25) is 0 Å². The van der Waals surface area contributed by atoms with Gasteiger partial charge in [-0.3, -0.25) is 4.98 Å². The lowest BCUT2D eigenvalue weighted by Crippen LogP contribution is -2.22. The van der Waals surface area contributed by atoms with E-state index < -0.39 is 0 Å². The minimum Gasteiger partial charge on any atom is -0.255 e. The smallest absolute Gasteiger partial charge is 0.166 e. The molecule has 0 bridgehead atoms. The van der Waals surface area contributed by atoms with Crippen LogP contribution in [0.4, 0.5) is 0 Å². The fourth-order valence-corrected chi connectivity index (χ4v) is 8.81. The van der Waals surface area contributed by atoms with Gasteiger partial charge in [0.05, 0.1) is 5.69 Å². The number of pyridine rings is 1. The topological polar surface area (TPSA) is 51.6 Å². The van der Waals surface area contributed by atoms with Crippen LogP contribution in [0.3, 0.4) is 0 Å². The molecule has 286 valence electrons. The van der Waals surface area contributed by atoms with Crippen LogP contribution in [0.5, 0.6) is 0 Å². The zero-order valence-electron chi connectivity index (χ0n) is 35.1. The summed E-state index contributed by atoms with van der Waals surface area (Å²) >= 11 is 0. The summed E-state index contributed by atoms with van der Waals surface area (Å²) in [5, 5.41) is 2.10. The van der Waals surface area contributed by atoms with Crippen molar-refractivity contribution in [2.75, 3.05) is 0 Å². The maximum Gasteiger partial charge on any atom is 0.166 e. The third-order valence-corrected chi connectivity index (χ3v) is 12.1. The van der Waals surface area contributed by atoms with Gasteiger partial charge in [0, 0.05) is 39.3 Å². The van der Waals surface area contributed by atoms with Crippen LogP contribution in [0, 0.1) is 13.8 Å². The van der Waals surface area contributed by atoms with Crippen LogP contribution in [0.1, 0.15) is 87.4 Å². The van der Waals surface area contributed by atoms with E-state index in [1.807, 2.05) is 6.20 Å². The van der Waals surface area contributed by atoms with Crippen molar-refractivity contribution < 1.29 is 0 Å². The van der Waals surface area contributed by atoms with E-state index in [2.05, 4.69) is 196 Å². The number of hydrogen-bond acceptors (Lipinski definition) is 4. The Kier molecular flexibility index (Phi) is 8.81. The molecule has 0 radical (unpaired) electrons. The van der Waals surface area contributed by atoms with Crippen molar-refractivity contribution >= 4 is 10.8 Å². The number of aryl methyl sites for hydroxylation is 2. The Labute approximate surface area is 343 Å². The monoisotopic (exact) mass is 754 g/mol. The van der Waals surface area contributed by atoms with Gasteiger partial charge in [0.25, 0.3) is 0 Å².